The molecular formula is C17H15FO2. The molecule has 102 valence electrons. The first-order chi connectivity index (χ1) is 9.63. The Bertz CT molecular complexity index is 677. The molecule has 0 unspecified atom stereocenters. The highest BCUT2D eigenvalue weighted by Gasteiger charge is 2.19. The summed E-state index contributed by atoms with van der Waals surface area (Å²) >= 11 is 0. The van der Waals surface area contributed by atoms with Crippen molar-refractivity contribution < 1.29 is 13.9 Å². The van der Waals surface area contributed by atoms with Crippen LogP contribution in [0, 0.1) is 12.7 Å². The van der Waals surface area contributed by atoms with Crippen molar-refractivity contribution in [2.75, 3.05) is 0 Å². The summed E-state index contributed by atoms with van der Waals surface area (Å²) in [5, 5.41) is 0. The van der Waals surface area contributed by atoms with E-state index in [1.54, 1.807) is 6.07 Å². The predicted molar refractivity (Wildman–Crippen MR) is 74.6 cm³/mol. The number of carbonyl (C=O) groups is 1. The molecule has 1 aliphatic rings. The average molecular weight is 270 g/mol. The second kappa shape index (κ2) is 5.08. The SMILES string of the molecule is Cc1cc(F)ccc1COc1ccc2c(c1)CCC2=O. The number of benzene rings is 2. The molecule has 0 spiro atoms. The molecule has 2 aromatic rings. The first-order valence-corrected chi connectivity index (χ1v) is 6.67. The third-order valence-corrected chi connectivity index (χ3v) is 3.70. The fourth-order valence-corrected chi connectivity index (χ4v) is 2.50. The van der Waals surface area contributed by atoms with E-state index in [9.17, 15) is 9.18 Å². The van der Waals surface area contributed by atoms with Crippen LogP contribution in [0.1, 0.15) is 33.5 Å². The number of Topliss-reactive ketones (excluding diaryl/α,β-unsaturated/α-hetero) is 1. The summed E-state index contributed by atoms with van der Waals surface area (Å²) in [6, 6.07) is 10.3. The summed E-state index contributed by atoms with van der Waals surface area (Å²) in [4.78, 5) is 11.6. The molecule has 0 aromatic heterocycles. The lowest BCUT2D eigenvalue weighted by Gasteiger charge is -2.10. The van der Waals surface area contributed by atoms with Gasteiger partial charge in [-0.25, -0.2) is 4.39 Å². The van der Waals surface area contributed by atoms with Gasteiger partial charge in [-0.05, 0) is 60.4 Å². The molecular weight excluding hydrogens is 255 g/mol. The van der Waals surface area contributed by atoms with Crippen LogP contribution in [0.25, 0.3) is 0 Å². The van der Waals surface area contributed by atoms with Gasteiger partial charge in [-0.15, -0.1) is 0 Å². The molecule has 0 atom stereocenters. The van der Waals surface area contributed by atoms with Gasteiger partial charge in [-0.3, -0.25) is 4.79 Å². The maximum Gasteiger partial charge on any atom is 0.163 e. The molecule has 0 amide bonds. The van der Waals surface area contributed by atoms with E-state index >= 15 is 0 Å². The zero-order valence-corrected chi connectivity index (χ0v) is 11.3. The van der Waals surface area contributed by atoms with Gasteiger partial charge in [0.2, 0.25) is 0 Å². The van der Waals surface area contributed by atoms with Crippen LogP contribution in [-0.4, -0.2) is 5.78 Å². The summed E-state index contributed by atoms with van der Waals surface area (Å²) in [6.45, 7) is 2.27. The van der Waals surface area contributed by atoms with E-state index in [2.05, 4.69) is 0 Å². The van der Waals surface area contributed by atoms with Gasteiger partial charge in [0.1, 0.15) is 18.2 Å². The lowest BCUT2D eigenvalue weighted by Crippen LogP contribution is -1.99. The smallest absolute Gasteiger partial charge is 0.163 e. The number of hydrogen-bond donors (Lipinski definition) is 0. The third-order valence-electron chi connectivity index (χ3n) is 3.70. The molecule has 2 aromatic carbocycles. The Balaban J connectivity index is 1.74. The van der Waals surface area contributed by atoms with Crippen LogP contribution in [0.5, 0.6) is 5.75 Å². The number of fused-ring (bicyclic) bond motifs is 1. The van der Waals surface area contributed by atoms with Crippen molar-refractivity contribution in [1.29, 1.82) is 0 Å². The summed E-state index contributed by atoms with van der Waals surface area (Å²) in [7, 11) is 0. The van der Waals surface area contributed by atoms with E-state index in [1.807, 2.05) is 25.1 Å². The molecule has 2 nitrogen and oxygen atoms in total. The first-order valence-electron chi connectivity index (χ1n) is 6.67. The Morgan fingerprint density at radius 3 is 2.80 bits per heavy atom. The molecule has 20 heavy (non-hydrogen) atoms. The summed E-state index contributed by atoms with van der Waals surface area (Å²) in [6.07, 6.45) is 1.39. The van der Waals surface area contributed by atoms with Gasteiger partial charge in [0, 0.05) is 12.0 Å². The first kappa shape index (κ1) is 12.9. The highest BCUT2D eigenvalue weighted by molar-refractivity contribution is 6.00. The minimum Gasteiger partial charge on any atom is -0.489 e. The number of rotatable bonds is 3. The fraction of sp³-hybridized carbons (Fsp3) is 0.235. The van der Waals surface area contributed by atoms with Gasteiger partial charge in [-0.1, -0.05) is 6.07 Å². The zero-order valence-electron chi connectivity index (χ0n) is 11.3. The molecule has 3 heteroatoms. The fourth-order valence-electron chi connectivity index (χ4n) is 2.50. The van der Waals surface area contributed by atoms with Crippen LogP contribution >= 0.6 is 0 Å². The normalized spacial score (nSPS) is 13.4. The number of ether oxygens (including phenoxy) is 1. The zero-order chi connectivity index (χ0) is 14.1. The van der Waals surface area contributed by atoms with Crippen molar-refractivity contribution in [2.24, 2.45) is 0 Å². The third kappa shape index (κ3) is 2.44. The molecule has 0 saturated carbocycles. The van der Waals surface area contributed by atoms with Crippen molar-refractivity contribution in [2.45, 2.75) is 26.4 Å². The van der Waals surface area contributed by atoms with E-state index in [-0.39, 0.29) is 11.6 Å². The van der Waals surface area contributed by atoms with E-state index in [1.165, 1.54) is 12.1 Å². The minimum atomic E-state index is -0.234. The Morgan fingerprint density at radius 2 is 2.00 bits per heavy atom. The van der Waals surface area contributed by atoms with E-state index < -0.39 is 0 Å². The molecule has 0 heterocycles. The second-order valence-corrected chi connectivity index (χ2v) is 5.10. The molecule has 0 N–H and O–H groups in total. The van der Waals surface area contributed by atoms with Gasteiger partial charge >= 0.3 is 0 Å². The van der Waals surface area contributed by atoms with Crippen LogP contribution < -0.4 is 4.74 Å². The van der Waals surface area contributed by atoms with Crippen molar-refractivity contribution in [1.82, 2.24) is 0 Å². The maximum absolute atomic E-state index is 13.0. The van der Waals surface area contributed by atoms with Crippen molar-refractivity contribution in [3.63, 3.8) is 0 Å². The van der Waals surface area contributed by atoms with Crippen molar-refractivity contribution in [3.05, 3.63) is 64.5 Å². The summed E-state index contributed by atoms with van der Waals surface area (Å²) < 4.78 is 18.8. The Hall–Kier alpha value is -2.16. The lowest BCUT2D eigenvalue weighted by molar-refractivity contribution is 0.0994. The van der Waals surface area contributed by atoms with Gasteiger partial charge in [0.15, 0.2) is 5.78 Å². The van der Waals surface area contributed by atoms with E-state index in [0.29, 0.717) is 13.0 Å². The Labute approximate surface area is 117 Å². The lowest BCUT2D eigenvalue weighted by atomic mass is 10.1. The predicted octanol–water partition coefficient (Wildman–Crippen LogP) is 3.84. The number of aryl methyl sites for hydroxylation is 2. The largest absolute Gasteiger partial charge is 0.489 e. The van der Waals surface area contributed by atoms with E-state index in [4.69, 9.17) is 4.74 Å². The quantitative estimate of drug-likeness (QED) is 0.847. The van der Waals surface area contributed by atoms with Gasteiger partial charge in [0.05, 0.1) is 0 Å². The second-order valence-electron chi connectivity index (χ2n) is 5.10. The maximum atomic E-state index is 13.0. The molecule has 0 saturated heterocycles. The minimum absolute atomic E-state index is 0.209. The summed E-state index contributed by atoms with van der Waals surface area (Å²) in [5.41, 5.74) is 3.71. The molecule has 0 fully saturated rings. The topological polar surface area (TPSA) is 26.3 Å². The highest BCUT2D eigenvalue weighted by atomic mass is 19.1. The number of hydrogen-bond acceptors (Lipinski definition) is 2. The molecule has 3 rings (SSSR count). The number of carbonyl (C=O) groups excluding carboxylic acids is 1. The Morgan fingerprint density at radius 1 is 1.15 bits per heavy atom. The van der Waals surface area contributed by atoms with Gasteiger partial charge in [0.25, 0.3) is 0 Å². The average Bonchev–Trinajstić information content (AvgIpc) is 2.79. The molecule has 0 radical (unpaired) electrons. The van der Waals surface area contributed by atoms with E-state index in [0.717, 1.165) is 34.4 Å². The van der Waals surface area contributed by atoms with Gasteiger partial charge in [-0.2, -0.15) is 0 Å². The highest BCUT2D eigenvalue weighted by Crippen LogP contribution is 2.26. The molecule has 1 aliphatic carbocycles. The molecule has 0 bridgehead atoms. The van der Waals surface area contributed by atoms with Crippen LogP contribution in [0.3, 0.4) is 0 Å². The van der Waals surface area contributed by atoms with Crippen LogP contribution in [0.15, 0.2) is 36.4 Å². The number of halogens is 1. The summed E-state index contributed by atoms with van der Waals surface area (Å²) in [5.74, 6) is 0.727. The molecule has 0 aliphatic heterocycles. The van der Waals surface area contributed by atoms with Crippen LogP contribution in [0.2, 0.25) is 0 Å². The monoisotopic (exact) mass is 270 g/mol. The van der Waals surface area contributed by atoms with Gasteiger partial charge < -0.3 is 4.74 Å². The van der Waals surface area contributed by atoms with Crippen LogP contribution in [-0.2, 0) is 13.0 Å². The van der Waals surface area contributed by atoms with Crippen molar-refractivity contribution in [3.8, 4) is 5.75 Å². The van der Waals surface area contributed by atoms with Crippen molar-refractivity contribution >= 4 is 5.78 Å². The number of ketones is 1. The van der Waals surface area contributed by atoms with Crippen LogP contribution in [0.4, 0.5) is 4.39 Å². The Kier molecular flexibility index (Phi) is 3.26. The standard InChI is InChI=1S/C17H15FO2/c1-11-8-14(18)4-2-13(11)10-20-15-5-6-16-12(9-15)3-7-17(16)19/h2,4-6,8-9H,3,7,10H2,1H3.